The summed E-state index contributed by atoms with van der Waals surface area (Å²) in [5.74, 6) is 1.13. The normalized spacial score (nSPS) is 10.6. The summed E-state index contributed by atoms with van der Waals surface area (Å²) in [5, 5.41) is 4.51. The predicted octanol–water partition coefficient (Wildman–Crippen LogP) is 4.69. The molecule has 1 amide bonds. The molecule has 3 rings (SSSR count). The van der Waals surface area contributed by atoms with Crippen molar-refractivity contribution in [1.29, 1.82) is 0 Å². The van der Waals surface area contributed by atoms with Crippen molar-refractivity contribution in [2.75, 3.05) is 7.11 Å². The number of ether oxygens (including phenoxy) is 2. The van der Waals surface area contributed by atoms with Gasteiger partial charge in [0.25, 0.3) is 5.91 Å². The van der Waals surface area contributed by atoms with Crippen LogP contribution in [-0.4, -0.2) is 19.2 Å². The van der Waals surface area contributed by atoms with Crippen LogP contribution in [0.1, 0.15) is 21.5 Å². The molecule has 0 saturated carbocycles. The zero-order valence-corrected chi connectivity index (χ0v) is 16.0. The maximum Gasteiger partial charge on any atom is 0.271 e. The van der Waals surface area contributed by atoms with E-state index in [0.29, 0.717) is 22.9 Å². The Morgan fingerprint density at radius 1 is 1.04 bits per heavy atom. The topological polar surface area (TPSA) is 59.9 Å². The van der Waals surface area contributed by atoms with E-state index in [4.69, 9.17) is 21.1 Å². The number of carbonyl (C=O) groups is 1. The standard InChI is InChI=1S/C22H19ClN2O3/c1-27-20-7-4-5-16(13-20)15-28-19-11-9-17(10-12-19)22(26)25-24-14-18-6-2-3-8-21(18)23/h2-14H,15H2,1H3,(H,25,26)/b24-14+. The van der Waals surface area contributed by atoms with E-state index >= 15 is 0 Å². The van der Waals surface area contributed by atoms with Crippen LogP contribution in [0.15, 0.2) is 77.9 Å². The fraction of sp³-hybridized carbons (Fsp3) is 0.0909. The first-order valence-corrected chi connectivity index (χ1v) is 8.97. The van der Waals surface area contributed by atoms with Crippen molar-refractivity contribution in [3.8, 4) is 11.5 Å². The fourth-order valence-electron chi connectivity index (χ4n) is 2.44. The lowest BCUT2D eigenvalue weighted by molar-refractivity contribution is 0.0955. The van der Waals surface area contributed by atoms with E-state index < -0.39 is 0 Å². The third-order valence-electron chi connectivity index (χ3n) is 3.93. The third kappa shape index (κ3) is 5.34. The van der Waals surface area contributed by atoms with Crippen LogP contribution in [-0.2, 0) is 6.61 Å². The summed E-state index contributed by atoms with van der Waals surface area (Å²) in [6.07, 6.45) is 1.51. The molecule has 0 atom stereocenters. The van der Waals surface area contributed by atoms with Crippen molar-refractivity contribution in [1.82, 2.24) is 5.43 Å². The predicted molar refractivity (Wildman–Crippen MR) is 110 cm³/mol. The molecule has 0 aromatic heterocycles. The molecule has 0 aliphatic carbocycles. The van der Waals surface area contributed by atoms with Crippen molar-refractivity contribution < 1.29 is 14.3 Å². The van der Waals surface area contributed by atoms with E-state index in [2.05, 4.69) is 10.5 Å². The van der Waals surface area contributed by atoms with Gasteiger partial charge in [-0.3, -0.25) is 4.79 Å². The Kier molecular flexibility index (Phi) is 6.65. The summed E-state index contributed by atoms with van der Waals surface area (Å²) >= 11 is 6.04. The Morgan fingerprint density at radius 3 is 2.57 bits per heavy atom. The van der Waals surface area contributed by atoms with Gasteiger partial charge in [0.05, 0.1) is 13.3 Å². The molecule has 0 spiro atoms. The molecule has 0 unspecified atom stereocenters. The first-order valence-electron chi connectivity index (χ1n) is 8.59. The second-order valence-electron chi connectivity index (χ2n) is 5.89. The Morgan fingerprint density at radius 2 is 1.82 bits per heavy atom. The molecule has 0 fully saturated rings. The highest BCUT2D eigenvalue weighted by molar-refractivity contribution is 6.33. The molecule has 6 heteroatoms. The molecule has 1 N–H and O–H groups in total. The summed E-state index contributed by atoms with van der Waals surface area (Å²) in [6.45, 7) is 0.408. The summed E-state index contributed by atoms with van der Waals surface area (Å²) in [6, 6.07) is 21.8. The number of halogens is 1. The van der Waals surface area contributed by atoms with Gasteiger partial charge in [-0.2, -0.15) is 5.10 Å². The summed E-state index contributed by atoms with van der Waals surface area (Å²) in [7, 11) is 1.63. The van der Waals surface area contributed by atoms with Gasteiger partial charge in [0.2, 0.25) is 0 Å². The zero-order chi connectivity index (χ0) is 19.8. The molecular formula is C22H19ClN2O3. The largest absolute Gasteiger partial charge is 0.497 e. The molecule has 0 bridgehead atoms. The average molecular weight is 395 g/mol. The number of carbonyl (C=O) groups excluding carboxylic acids is 1. The van der Waals surface area contributed by atoms with Crippen molar-refractivity contribution in [3.63, 3.8) is 0 Å². The highest BCUT2D eigenvalue weighted by Crippen LogP contribution is 2.17. The molecule has 0 radical (unpaired) electrons. The van der Waals surface area contributed by atoms with Gasteiger partial charge in [-0.1, -0.05) is 41.9 Å². The molecule has 5 nitrogen and oxygen atoms in total. The minimum atomic E-state index is -0.317. The number of benzene rings is 3. The molecule has 0 heterocycles. The molecule has 0 aliphatic rings. The van der Waals surface area contributed by atoms with Crippen LogP contribution >= 0.6 is 11.6 Å². The Hall–Kier alpha value is -3.31. The SMILES string of the molecule is COc1cccc(COc2ccc(C(=O)N/N=C/c3ccccc3Cl)cc2)c1. The van der Waals surface area contributed by atoms with E-state index in [0.717, 1.165) is 16.9 Å². The molecule has 3 aromatic carbocycles. The number of nitrogens with zero attached hydrogens (tertiary/aromatic N) is 1. The van der Waals surface area contributed by atoms with Crippen LogP contribution in [0.3, 0.4) is 0 Å². The van der Waals surface area contributed by atoms with Crippen LogP contribution in [0.4, 0.5) is 0 Å². The summed E-state index contributed by atoms with van der Waals surface area (Å²) < 4.78 is 10.9. The molecule has 142 valence electrons. The number of nitrogens with one attached hydrogen (secondary N) is 1. The maximum absolute atomic E-state index is 12.2. The number of hydrazone groups is 1. The number of amides is 1. The van der Waals surface area contributed by atoms with Gasteiger partial charge >= 0.3 is 0 Å². The summed E-state index contributed by atoms with van der Waals surface area (Å²) in [5.41, 5.74) is 4.68. The molecule has 3 aromatic rings. The lowest BCUT2D eigenvalue weighted by Crippen LogP contribution is -2.17. The molecular weight excluding hydrogens is 376 g/mol. The van der Waals surface area contributed by atoms with Gasteiger partial charge < -0.3 is 9.47 Å². The fourth-order valence-corrected chi connectivity index (χ4v) is 2.62. The number of hydrogen-bond acceptors (Lipinski definition) is 4. The number of rotatable bonds is 7. The van der Waals surface area contributed by atoms with Gasteiger partial charge in [-0.15, -0.1) is 0 Å². The van der Waals surface area contributed by atoms with E-state index in [1.54, 1.807) is 37.4 Å². The van der Waals surface area contributed by atoms with Crippen LogP contribution in [0, 0.1) is 0 Å². The van der Waals surface area contributed by atoms with Crippen LogP contribution in [0.5, 0.6) is 11.5 Å². The van der Waals surface area contributed by atoms with Gasteiger partial charge in [0, 0.05) is 16.1 Å². The number of hydrogen-bond donors (Lipinski definition) is 1. The maximum atomic E-state index is 12.2. The van der Waals surface area contributed by atoms with E-state index in [1.807, 2.05) is 42.5 Å². The van der Waals surface area contributed by atoms with Crippen LogP contribution < -0.4 is 14.9 Å². The van der Waals surface area contributed by atoms with E-state index in [1.165, 1.54) is 6.21 Å². The second kappa shape index (κ2) is 9.58. The smallest absolute Gasteiger partial charge is 0.271 e. The van der Waals surface area contributed by atoms with Crippen molar-refractivity contribution in [3.05, 3.63) is 94.5 Å². The van der Waals surface area contributed by atoms with Gasteiger partial charge in [-0.25, -0.2) is 5.43 Å². The number of methoxy groups -OCH3 is 1. The Balaban J connectivity index is 1.54. The van der Waals surface area contributed by atoms with Gasteiger partial charge in [0.1, 0.15) is 18.1 Å². The molecule has 0 saturated heterocycles. The van der Waals surface area contributed by atoms with Crippen molar-refractivity contribution in [2.24, 2.45) is 5.10 Å². The summed E-state index contributed by atoms with van der Waals surface area (Å²) in [4.78, 5) is 12.2. The first kappa shape index (κ1) is 19.5. The quantitative estimate of drug-likeness (QED) is 0.467. The van der Waals surface area contributed by atoms with Crippen LogP contribution in [0.2, 0.25) is 5.02 Å². The van der Waals surface area contributed by atoms with E-state index in [9.17, 15) is 4.79 Å². The highest BCUT2D eigenvalue weighted by atomic mass is 35.5. The molecule has 0 aliphatic heterocycles. The van der Waals surface area contributed by atoms with Gasteiger partial charge in [0.15, 0.2) is 0 Å². The van der Waals surface area contributed by atoms with Gasteiger partial charge in [-0.05, 0) is 48.0 Å². The lowest BCUT2D eigenvalue weighted by atomic mass is 10.2. The van der Waals surface area contributed by atoms with Crippen LogP contribution in [0.25, 0.3) is 0 Å². The molecule has 28 heavy (non-hydrogen) atoms. The monoisotopic (exact) mass is 394 g/mol. The third-order valence-corrected chi connectivity index (χ3v) is 4.28. The Labute approximate surface area is 168 Å². The first-order chi connectivity index (χ1) is 13.7. The highest BCUT2D eigenvalue weighted by Gasteiger charge is 2.05. The minimum absolute atomic E-state index is 0.317. The van der Waals surface area contributed by atoms with E-state index in [-0.39, 0.29) is 5.91 Å². The average Bonchev–Trinajstić information content (AvgIpc) is 2.74. The van der Waals surface area contributed by atoms with Crippen molar-refractivity contribution >= 4 is 23.7 Å². The lowest BCUT2D eigenvalue weighted by Gasteiger charge is -2.08. The second-order valence-corrected chi connectivity index (χ2v) is 6.29. The van der Waals surface area contributed by atoms with Crippen molar-refractivity contribution in [2.45, 2.75) is 6.61 Å². The zero-order valence-electron chi connectivity index (χ0n) is 15.3. The minimum Gasteiger partial charge on any atom is -0.497 e. The Bertz CT molecular complexity index is 972.